The van der Waals surface area contributed by atoms with Crippen molar-refractivity contribution in [2.75, 3.05) is 0 Å². The zero-order valence-electron chi connectivity index (χ0n) is 15.4. The van der Waals surface area contributed by atoms with Crippen molar-refractivity contribution in [2.45, 2.75) is 71.3 Å². The molecule has 0 aromatic rings. The van der Waals surface area contributed by atoms with Crippen LogP contribution >= 0.6 is 0 Å². The molecular formula is C19H29NaO2. The van der Waals surface area contributed by atoms with Crippen LogP contribution < -0.4 is 29.6 Å². The van der Waals surface area contributed by atoms with Gasteiger partial charge in [-0.2, -0.15) is 0 Å². The molecule has 0 aliphatic heterocycles. The van der Waals surface area contributed by atoms with Gasteiger partial charge in [0.05, 0.1) is 6.10 Å². The van der Waals surface area contributed by atoms with Crippen molar-refractivity contribution in [1.82, 2.24) is 0 Å². The Morgan fingerprint density at radius 2 is 1.82 bits per heavy atom. The molecule has 0 bridgehead atoms. The van der Waals surface area contributed by atoms with Gasteiger partial charge in [0.25, 0.3) is 0 Å². The second kappa shape index (κ2) is 5.72. The van der Waals surface area contributed by atoms with E-state index < -0.39 is 0 Å². The number of aliphatic hydroxyl groups is 1. The van der Waals surface area contributed by atoms with Crippen molar-refractivity contribution in [3.8, 4) is 0 Å². The Morgan fingerprint density at radius 3 is 2.59 bits per heavy atom. The SMILES string of the molecule is C[C@]12CC[C@H](O)CC1=CC[C@@H]1[C@@H]2CC[C@]2(C)C(=O)CC[C@@H]12.[H-].[Na+]. The summed E-state index contributed by atoms with van der Waals surface area (Å²) in [6, 6.07) is 0. The van der Waals surface area contributed by atoms with E-state index in [4.69, 9.17) is 0 Å². The van der Waals surface area contributed by atoms with Crippen LogP contribution in [0.2, 0.25) is 0 Å². The number of rotatable bonds is 0. The Labute approximate surface area is 157 Å². The first-order chi connectivity index (χ1) is 9.95. The number of carbonyl (C=O) groups excluding carboxylic acids is 1. The molecule has 6 atom stereocenters. The van der Waals surface area contributed by atoms with Gasteiger partial charge in [0.15, 0.2) is 0 Å². The number of carbonyl (C=O) groups is 1. The Hall–Kier alpha value is 0.370. The van der Waals surface area contributed by atoms with E-state index in [2.05, 4.69) is 19.9 Å². The normalized spacial score (nSPS) is 50.3. The topological polar surface area (TPSA) is 37.3 Å². The minimum Gasteiger partial charge on any atom is -1.00 e. The summed E-state index contributed by atoms with van der Waals surface area (Å²) in [6.07, 6.45) is 10.7. The number of hydrogen-bond donors (Lipinski definition) is 1. The predicted molar refractivity (Wildman–Crippen MR) is 83.8 cm³/mol. The van der Waals surface area contributed by atoms with Gasteiger partial charge < -0.3 is 6.53 Å². The smallest absolute Gasteiger partial charge is 1.00 e. The molecule has 0 saturated heterocycles. The molecule has 1 N–H and O–H groups in total. The average molecular weight is 312 g/mol. The third-order valence-corrected chi connectivity index (χ3v) is 7.79. The van der Waals surface area contributed by atoms with Crippen LogP contribution in [0.4, 0.5) is 0 Å². The summed E-state index contributed by atoms with van der Waals surface area (Å²) in [5, 5.41) is 10.00. The molecule has 0 aromatic carbocycles. The van der Waals surface area contributed by atoms with Crippen molar-refractivity contribution >= 4 is 5.78 Å². The first kappa shape index (κ1) is 17.2. The fourth-order valence-corrected chi connectivity index (χ4v) is 6.41. The van der Waals surface area contributed by atoms with Gasteiger partial charge in [-0.15, -0.1) is 0 Å². The quantitative estimate of drug-likeness (QED) is 0.535. The van der Waals surface area contributed by atoms with Crippen LogP contribution in [0.25, 0.3) is 0 Å². The van der Waals surface area contributed by atoms with Crippen LogP contribution in [-0.4, -0.2) is 17.0 Å². The number of allylic oxidation sites excluding steroid dienone is 1. The van der Waals surface area contributed by atoms with Crippen molar-refractivity contribution in [3.63, 3.8) is 0 Å². The maximum Gasteiger partial charge on any atom is 1.00 e. The van der Waals surface area contributed by atoms with E-state index in [0.29, 0.717) is 23.0 Å². The standard InChI is InChI=1S/C19H28O2.Na.H/c1-18-9-7-13(20)11-12(18)3-4-14-15-5-6-17(21)19(15,2)10-8-16(14)18;;/h3,13-16,20H,4-11H2,1-2H3;;/q;+1;-1/t13-,14-,15-,16-,18-,19-;;/m0../s1. The van der Waals surface area contributed by atoms with E-state index in [9.17, 15) is 9.90 Å². The molecule has 4 rings (SSSR count). The van der Waals surface area contributed by atoms with Crippen LogP contribution in [0.5, 0.6) is 0 Å². The predicted octanol–water partition coefficient (Wildman–Crippen LogP) is 0.996. The molecule has 3 saturated carbocycles. The molecule has 3 fully saturated rings. The zero-order valence-corrected chi connectivity index (χ0v) is 16.4. The van der Waals surface area contributed by atoms with E-state index in [1.807, 2.05) is 0 Å². The molecule has 0 unspecified atom stereocenters. The molecule has 22 heavy (non-hydrogen) atoms. The third kappa shape index (κ3) is 2.24. The number of hydrogen-bond acceptors (Lipinski definition) is 2. The summed E-state index contributed by atoms with van der Waals surface area (Å²) >= 11 is 0. The third-order valence-electron chi connectivity index (χ3n) is 7.79. The van der Waals surface area contributed by atoms with Crippen molar-refractivity contribution < 1.29 is 40.9 Å². The molecule has 0 radical (unpaired) electrons. The minimum absolute atomic E-state index is 0. The van der Waals surface area contributed by atoms with Gasteiger partial charge in [-0.3, -0.25) is 4.79 Å². The second-order valence-corrected chi connectivity index (χ2v) is 8.57. The summed E-state index contributed by atoms with van der Waals surface area (Å²) in [4.78, 5) is 12.4. The minimum atomic E-state index is -0.122. The molecule has 0 amide bonds. The van der Waals surface area contributed by atoms with Gasteiger partial charge in [-0.05, 0) is 68.1 Å². The van der Waals surface area contributed by atoms with Crippen LogP contribution in [0.3, 0.4) is 0 Å². The van der Waals surface area contributed by atoms with E-state index in [0.717, 1.165) is 50.9 Å². The first-order valence-corrected chi connectivity index (χ1v) is 8.86. The number of fused-ring (bicyclic) bond motifs is 5. The molecule has 4 aliphatic rings. The Kier molecular flexibility index (Phi) is 4.47. The molecule has 0 heterocycles. The Bertz CT molecular complexity index is 519. The number of ketones is 1. The molecular weight excluding hydrogens is 283 g/mol. The van der Waals surface area contributed by atoms with Gasteiger partial charge in [-0.1, -0.05) is 25.5 Å². The fourth-order valence-electron chi connectivity index (χ4n) is 6.41. The maximum atomic E-state index is 12.4. The van der Waals surface area contributed by atoms with Gasteiger partial charge in [0, 0.05) is 11.8 Å². The second-order valence-electron chi connectivity index (χ2n) is 8.57. The van der Waals surface area contributed by atoms with Gasteiger partial charge >= 0.3 is 29.6 Å². The van der Waals surface area contributed by atoms with E-state index >= 15 is 0 Å². The van der Waals surface area contributed by atoms with Crippen LogP contribution in [0, 0.1) is 28.6 Å². The Balaban J connectivity index is 0.000000960. The van der Waals surface area contributed by atoms with Crippen molar-refractivity contribution in [1.29, 1.82) is 0 Å². The summed E-state index contributed by atoms with van der Waals surface area (Å²) in [7, 11) is 0. The fraction of sp³-hybridized carbons (Fsp3) is 0.842. The number of aliphatic hydroxyl groups excluding tert-OH is 1. The summed E-state index contributed by atoms with van der Waals surface area (Å²) in [5.41, 5.74) is 1.81. The van der Waals surface area contributed by atoms with Crippen LogP contribution in [0.15, 0.2) is 11.6 Å². The summed E-state index contributed by atoms with van der Waals surface area (Å²) in [5.74, 6) is 2.60. The van der Waals surface area contributed by atoms with E-state index in [1.54, 1.807) is 0 Å². The van der Waals surface area contributed by atoms with Gasteiger partial charge in [-0.25, -0.2) is 0 Å². The summed E-state index contributed by atoms with van der Waals surface area (Å²) < 4.78 is 0. The molecule has 2 nitrogen and oxygen atoms in total. The largest absolute Gasteiger partial charge is 1.00 e. The summed E-state index contributed by atoms with van der Waals surface area (Å²) in [6.45, 7) is 4.69. The monoisotopic (exact) mass is 312 g/mol. The zero-order chi connectivity index (χ0) is 14.8. The molecule has 3 heteroatoms. The van der Waals surface area contributed by atoms with Crippen molar-refractivity contribution in [2.24, 2.45) is 28.6 Å². The first-order valence-electron chi connectivity index (χ1n) is 8.86. The maximum absolute atomic E-state index is 12.4. The van der Waals surface area contributed by atoms with Crippen molar-refractivity contribution in [3.05, 3.63) is 11.6 Å². The van der Waals surface area contributed by atoms with E-state index in [1.165, 1.54) is 12.0 Å². The van der Waals surface area contributed by atoms with Gasteiger partial charge in [0.1, 0.15) is 5.78 Å². The Morgan fingerprint density at radius 1 is 1.14 bits per heavy atom. The van der Waals surface area contributed by atoms with Crippen LogP contribution in [0.1, 0.15) is 66.6 Å². The molecule has 118 valence electrons. The molecule has 0 spiro atoms. The molecule has 4 aliphatic carbocycles. The average Bonchev–Trinajstić information content (AvgIpc) is 2.76. The molecule has 0 aromatic heterocycles. The number of Topliss-reactive ketones (excluding diaryl/α,β-unsaturated/α-hetero) is 1. The van der Waals surface area contributed by atoms with Gasteiger partial charge in [0.2, 0.25) is 0 Å². The van der Waals surface area contributed by atoms with Crippen LogP contribution in [-0.2, 0) is 4.79 Å². The van der Waals surface area contributed by atoms with E-state index in [-0.39, 0.29) is 42.5 Å².